The summed E-state index contributed by atoms with van der Waals surface area (Å²) < 4.78 is 14.3. The van der Waals surface area contributed by atoms with Gasteiger partial charge < -0.3 is 4.90 Å². The molecule has 0 aromatic carbocycles. The molecule has 7 heteroatoms. The molecule has 0 spiro atoms. The first-order valence-electron chi connectivity index (χ1n) is 6.96. The molecule has 1 fully saturated rings. The van der Waals surface area contributed by atoms with Crippen molar-refractivity contribution in [2.75, 3.05) is 18.0 Å². The van der Waals surface area contributed by atoms with Gasteiger partial charge in [0.15, 0.2) is 0 Å². The second-order valence-corrected chi connectivity index (χ2v) is 6.65. The minimum Gasteiger partial charge on any atom is -0.354 e. The Bertz CT molecular complexity index is 820. The largest absolute Gasteiger partial charge is 0.354 e. The third kappa shape index (κ3) is 2.53. The highest BCUT2D eigenvalue weighted by Crippen LogP contribution is 2.31. The highest BCUT2D eigenvalue weighted by atomic mass is 35.5. The molecule has 4 nitrogen and oxygen atoms in total. The van der Waals surface area contributed by atoms with E-state index in [4.69, 9.17) is 11.6 Å². The fourth-order valence-corrected chi connectivity index (χ4v) is 3.74. The van der Waals surface area contributed by atoms with Crippen molar-refractivity contribution < 1.29 is 4.39 Å². The number of fused-ring (bicyclic) bond motifs is 1. The standard InChI is InChI=1S/C15H12ClFN4S/c16-13-5-12-11(7-18-13)20-15(22-12)9-1-2-14(19-6-9)21-4-3-10(17)8-21/h1-2,5-7,10H,3-4,8H2/t10-/m0/s1. The first kappa shape index (κ1) is 13.8. The van der Waals surface area contributed by atoms with E-state index in [0.29, 0.717) is 18.1 Å². The summed E-state index contributed by atoms with van der Waals surface area (Å²) in [7, 11) is 0. The van der Waals surface area contributed by atoms with Crippen molar-refractivity contribution in [1.29, 1.82) is 0 Å². The van der Waals surface area contributed by atoms with Crippen molar-refractivity contribution in [2.24, 2.45) is 0 Å². The molecule has 0 N–H and O–H groups in total. The maximum atomic E-state index is 13.3. The number of hydrogen-bond donors (Lipinski definition) is 0. The van der Waals surface area contributed by atoms with E-state index in [0.717, 1.165) is 33.2 Å². The van der Waals surface area contributed by atoms with Gasteiger partial charge in [-0.25, -0.2) is 19.3 Å². The summed E-state index contributed by atoms with van der Waals surface area (Å²) >= 11 is 7.45. The van der Waals surface area contributed by atoms with Gasteiger partial charge in [-0.05, 0) is 24.6 Å². The molecule has 0 radical (unpaired) electrons. The van der Waals surface area contributed by atoms with E-state index in [1.807, 2.05) is 23.1 Å². The number of pyridine rings is 2. The van der Waals surface area contributed by atoms with Crippen LogP contribution >= 0.6 is 22.9 Å². The van der Waals surface area contributed by atoms with E-state index in [9.17, 15) is 4.39 Å². The van der Waals surface area contributed by atoms with Gasteiger partial charge in [-0.3, -0.25) is 0 Å². The molecule has 4 heterocycles. The number of hydrogen-bond acceptors (Lipinski definition) is 5. The monoisotopic (exact) mass is 334 g/mol. The quantitative estimate of drug-likeness (QED) is 0.665. The van der Waals surface area contributed by atoms with Crippen molar-refractivity contribution in [3.05, 3.63) is 35.7 Å². The number of aromatic nitrogens is 3. The molecule has 3 aromatic rings. The second kappa shape index (κ2) is 5.44. The maximum Gasteiger partial charge on any atom is 0.130 e. The Balaban J connectivity index is 1.64. The summed E-state index contributed by atoms with van der Waals surface area (Å²) in [5.41, 5.74) is 1.77. The Morgan fingerprint density at radius 1 is 1.27 bits per heavy atom. The minimum absolute atomic E-state index is 0.428. The Morgan fingerprint density at radius 3 is 2.91 bits per heavy atom. The molecule has 3 aromatic heterocycles. The van der Waals surface area contributed by atoms with Crippen LogP contribution in [-0.2, 0) is 0 Å². The molecule has 0 saturated carbocycles. The van der Waals surface area contributed by atoms with Crippen LogP contribution in [0.15, 0.2) is 30.6 Å². The average molecular weight is 335 g/mol. The molecule has 0 unspecified atom stereocenters. The maximum absolute atomic E-state index is 13.3. The van der Waals surface area contributed by atoms with Crippen LogP contribution in [0.4, 0.5) is 10.2 Å². The molecule has 1 aliphatic heterocycles. The Hall–Kier alpha value is -1.79. The van der Waals surface area contributed by atoms with E-state index >= 15 is 0 Å². The van der Waals surface area contributed by atoms with Gasteiger partial charge in [0.25, 0.3) is 0 Å². The molecule has 1 aliphatic rings. The normalized spacial score (nSPS) is 18.3. The van der Waals surface area contributed by atoms with E-state index in [2.05, 4.69) is 15.0 Å². The lowest BCUT2D eigenvalue weighted by molar-refractivity contribution is 0.364. The summed E-state index contributed by atoms with van der Waals surface area (Å²) in [5, 5.41) is 1.34. The van der Waals surface area contributed by atoms with Crippen molar-refractivity contribution in [3.8, 4) is 10.6 Å². The lowest BCUT2D eigenvalue weighted by atomic mass is 10.3. The Morgan fingerprint density at radius 2 is 2.18 bits per heavy atom. The molecule has 4 rings (SSSR count). The van der Waals surface area contributed by atoms with Gasteiger partial charge in [-0.15, -0.1) is 11.3 Å². The van der Waals surface area contributed by atoms with Crippen molar-refractivity contribution >= 4 is 39.0 Å². The van der Waals surface area contributed by atoms with Crippen LogP contribution in [0.3, 0.4) is 0 Å². The molecule has 1 atom stereocenters. The average Bonchev–Trinajstić information content (AvgIpc) is 3.13. The third-order valence-corrected chi connectivity index (χ3v) is 4.96. The molecule has 22 heavy (non-hydrogen) atoms. The van der Waals surface area contributed by atoms with Crippen LogP contribution < -0.4 is 4.90 Å². The van der Waals surface area contributed by atoms with Crippen molar-refractivity contribution in [3.63, 3.8) is 0 Å². The number of alkyl halides is 1. The van der Waals surface area contributed by atoms with E-state index in [1.54, 1.807) is 23.7 Å². The topological polar surface area (TPSA) is 41.9 Å². The lowest BCUT2D eigenvalue weighted by Crippen LogP contribution is -2.20. The Kier molecular flexibility index (Phi) is 3.43. The predicted molar refractivity (Wildman–Crippen MR) is 87.4 cm³/mol. The van der Waals surface area contributed by atoms with Crippen molar-refractivity contribution in [1.82, 2.24) is 15.0 Å². The number of rotatable bonds is 2. The van der Waals surface area contributed by atoms with E-state index < -0.39 is 6.17 Å². The molecular formula is C15H12ClFN4S. The highest BCUT2D eigenvalue weighted by molar-refractivity contribution is 7.21. The van der Waals surface area contributed by atoms with Crippen LogP contribution in [0.1, 0.15) is 6.42 Å². The molecular weight excluding hydrogens is 323 g/mol. The van der Waals surface area contributed by atoms with Gasteiger partial charge in [0.05, 0.1) is 17.4 Å². The number of anilines is 1. The minimum atomic E-state index is -0.747. The second-order valence-electron chi connectivity index (χ2n) is 5.23. The van der Waals surface area contributed by atoms with Gasteiger partial charge in [-0.1, -0.05) is 11.6 Å². The zero-order valence-electron chi connectivity index (χ0n) is 11.5. The van der Waals surface area contributed by atoms with E-state index in [-0.39, 0.29) is 0 Å². The molecule has 1 saturated heterocycles. The zero-order valence-corrected chi connectivity index (χ0v) is 13.1. The van der Waals surface area contributed by atoms with E-state index in [1.165, 1.54) is 0 Å². The third-order valence-electron chi connectivity index (χ3n) is 3.69. The lowest BCUT2D eigenvalue weighted by Gasteiger charge is -2.15. The predicted octanol–water partition coefficient (Wildman–Crippen LogP) is 3.95. The van der Waals surface area contributed by atoms with Gasteiger partial charge in [0.1, 0.15) is 27.7 Å². The fraction of sp³-hybridized carbons (Fsp3) is 0.267. The summed E-state index contributed by atoms with van der Waals surface area (Å²) in [5.74, 6) is 0.815. The Labute approximate surface area is 135 Å². The first-order chi connectivity index (χ1) is 10.7. The SMILES string of the molecule is F[C@H]1CCN(c2ccc(-c3nc4cnc(Cl)cc4s3)cn2)C1. The zero-order chi connectivity index (χ0) is 15.1. The molecule has 0 aliphatic carbocycles. The molecule has 112 valence electrons. The summed E-state index contributed by atoms with van der Waals surface area (Å²) in [4.78, 5) is 15.0. The highest BCUT2D eigenvalue weighted by Gasteiger charge is 2.22. The number of nitrogens with zero attached hydrogens (tertiary/aromatic N) is 4. The van der Waals surface area contributed by atoms with Gasteiger partial charge >= 0.3 is 0 Å². The van der Waals surface area contributed by atoms with Crippen molar-refractivity contribution in [2.45, 2.75) is 12.6 Å². The van der Waals surface area contributed by atoms with Crippen LogP contribution in [0, 0.1) is 0 Å². The fourth-order valence-electron chi connectivity index (χ4n) is 2.56. The first-order valence-corrected chi connectivity index (χ1v) is 8.16. The van der Waals surface area contributed by atoms with Crippen LogP contribution in [0.2, 0.25) is 5.15 Å². The van der Waals surface area contributed by atoms with Gasteiger partial charge in [-0.2, -0.15) is 0 Å². The summed E-state index contributed by atoms with van der Waals surface area (Å²) in [6, 6.07) is 5.71. The number of halogens is 2. The summed E-state index contributed by atoms with van der Waals surface area (Å²) in [6.07, 6.45) is 3.29. The van der Waals surface area contributed by atoms with Gasteiger partial charge in [0, 0.05) is 18.3 Å². The van der Waals surface area contributed by atoms with Crippen LogP contribution in [0.5, 0.6) is 0 Å². The van der Waals surface area contributed by atoms with Crippen LogP contribution in [-0.4, -0.2) is 34.2 Å². The van der Waals surface area contributed by atoms with Gasteiger partial charge in [0.2, 0.25) is 0 Å². The summed E-state index contributed by atoms with van der Waals surface area (Å²) in [6.45, 7) is 1.15. The number of thiazole rings is 1. The smallest absolute Gasteiger partial charge is 0.130 e. The van der Waals surface area contributed by atoms with Crippen LogP contribution in [0.25, 0.3) is 20.8 Å². The molecule has 0 amide bonds. The molecule has 0 bridgehead atoms.